The van der Waals surface area contributed by atoms with Crippen molar-refractivity contribution in [3.05, 3.63) is 24.3 Å². The zero-order chi connectivity index (χ0) is 13.8. The Kier molecular flexibility index (Phi) is 4.59. The zero-order valence-corrected chi connectivity index (χ0v) is 11.6. The van der Waals surface area contributed by atoms with Gasteiger partial charge in [0, 0.05) is 0 Å². The van der Waals surface area contributed by atoms with Crippen LogP contribution in [0.1, 0.15) is 20.8 Å². The minimum Gasteiger partial charge on any atom is -0.495 e. The fourth-order valence-electron chi connectivity index (χ4n) is 1.67. The van der Waals surface area contributed by atoms with Crippen LogP contribution < -0.4 is 10.1 Å². The SMILES string of the molecule is COC(=O)C(Nc1ccccc1OC)C(C)(C)C. The summed E-state index contributed by atoms with van der Waals surface area (Å²) in [5, 5.41) is 3.19. The van der Waals surface area contributed by atoms with Gasteiger partial charge in [0.1, 0.15) is 11.8 Å². The average Bonchev–Trinajstić information content (AvgIpc) is 2.34. The first-order chi connectivity index (χ1) is 8.40. The van der Waals surface area contributed by atoms with E-state index < -0.39 is 6.04 Å². The van der Waals surface area contributed by atoms with Gasteiger partial charge in [-0.25, -0.2) is 4.79 Å². The Morgan fingerprint density at radius 2 is 1.83 bits per heavy atom. The highest BCUT2D eigenvalue weighted by molar-refractivity contribution is 5.81. The lowest BCUT2D eigenvalue weighted by Crippen LogP contribution is -2.42. The van der Waals surface area contributed by atoms with Crippen molar-refractivity contribution in [1.29, 1.82) is 0 Å². The van der Waals surface area contributed by atoms with Crippen molar-refractivity contribution in [2.75, 3.05) is 19.5 Å². The molecule has 1 N–H and O–H groups in total. The minimum atomic E-state index is -0.432. The van der Waals surface area contributed by atoms with Crippen molar-refractivity contribution < 1.29 is 14.3 Å². The molecule has 18 heavy (non-hydrogen) atoms. The van der Waals surface area contributed by atoms with Crippen LogP contribution in [0.15, 0.2) is 24.3 Å². The van der Waals surface area contributed by atoms with Crippen LogP contribution in [-0.2, 0) is 9.53 Å². The molecule has 4 heteroatoms. The van der Waals surface area contributed by atoms with Gasteiger partial charge in [0.25, 0.3) is 0 Å². The predicted molar refractivity (Wildman–Crippen MR) is 71.9 cm³/mol. The molecule has 0 aliphatic rings. The summed E-state index contributed by atoms with van der Waals surface area (Å²) in [6.45, 7) is 5.95. The fourth-order valence-corrected chi connectivity index (χ4v) is 1.67. The second-order valence-corrected chi connectivity index (χ2v) is 5.17. The Morgan fingerprint density at radius 1 is 1.22 bits per heavy atom. The van der Waals surface area contributed by atoms with Crippen molar-refractivity contribution in [3.8, 4) is 5.75 Å². The first-order valence-electron chi connectivity index (χ1n) is 5.87. The summed E-state index contributed by atoms with van der Waals surface area (Å²) >= 11 is 0. The highest BCUT2D eigenvalue weighted by atomic mass is 16.5. The van der Waals surface area contributed by atoms with E-state index in [1.807, 2.05) is 45.0 Å². The summed E-state index contributed by atoms with van der Waals surface area (Å²) in [5.74, 6) is 0.420. The zero-order valence-electron chi connectivity index (χ0n) is 11.6. The Balaban J connectivity index is 3.00. The number of para-hydroxylation sites is 2. The van der Waals surface area contributed by atoms with Crippen molar-refractivity contribution >= 4 is 11.7 Å². The Labute approximate surface area is 108 Å². The van der Waals surface area contributed by atoms with E-state index in [4.69, 9.17) is 9.47 Å². The minimum absolute atomic E-state index is 0.256. The smallest absolute Gasteiger partial charge is 0.328 e. The van der Waals surface area contributed by atoms with Crippen molar-refractivity contribution in [2.45, 2.75) is 26.8 Å². The molecule has 0 amide bonds. The highest BCUT2D eigenvalue weighted by Gasteiger charge is 2.32. The molecule has 1 aromatic rings. The second-order valence-electron chi connectivity index (χ2n) is 5.17. The Hall–Kier alpha value is -1.71. The van der Waals surface area contributed by atoms with Gasteiger partial charge < -0.3 is 14.8 Å². The maximum absolute atomic E-state index is 11.8. The van der Waals surface area contributed by atoms with Gasteiger partial charge in [-0.1, -0.05) is 32.9 Å². The van der Waals surface area contributed by atoms with Gasteiger partial charge in [-0.3, -0.25) is 0 Å². The van der Waals surface area contributed by atoms with E-state index in [-0.39, 0.29) is 11.4 Å². The largest absolute Gasteiger partial charge is 0.495 e. The van der Waals surface area contributed by atoms with Gasteiger partial charge >= 0.3 is 5.97 Å². The number of hydrogen-bond acceptors (Lipinski definition) is 4. The molecule has 0 aromatic heterocycles. The third-order valence-electron chi connectivity index (χ3n) is 2.71. The van der Waals surface area contributed by atoms with Crippen LogP contribution in [-0.4, -0.2) is 26.2 Å². The summed E-state index contributed by atoms with van der Waals surface area (Å²) in [6, 6.07) is 7.06. The number of esters is 1. The molecule has 0 aliphatic carbocycles. The standard InChI is InChI=1S/C14H21NO3/c1-14(2,3)12(13(16)18-5)15-10-8-6-7-9-11(10)17-4/h6-9,12,15H,1-5H3. The Morgan fingerprint density at radius 3 is 2.33 bits per heavy atom. The van der Waals surface area contributed by atoms with E-state index in [0.29, 0.717) is 5.75 Å². The van der Waals surface area contributed by atoms with E-state index in [1.165, 1.54) is 7.11 Å². The monoisotopic (exact) mass is 251 g/mol. The normalized spacial score (nSPS) is 12.7. The van der Waals surface area contributed by atoms with Crippen LogP contribution in [0.4, 0.5) is 5.69 Å². The lowest BCUT2D eigenvalue weighted by atomic mass is 9.86. The second kappa shape index (κ2) is 5.76. The van der Waals surface area contributed by atoms with Gasteiger partial charge in [-0.05, 0) is 17.5 Å². The maximum Gasteiger partial charge on any atom is 0.328 e. The van der Waals surface area contributed by atoms with E-state index in [1.54, 1.807) is 7.11 Å². The number of carbonyl (C=O) groups is 1. The molecule has 0 fully saturated rings. The van der Waals surface area contributed by atoms with Crippen LogP contribution >= 0.6 is 0 Å². The molecule has 0 spiro atoms. The Bertz CT molecular complexity index is 410. The van der Waals surface area contributed by atoms with Crippen molar-refractivity contribution in [3.63, 3.8) is 0 Å². The number of rotatable bonds is 4. The molecule has 0 bridgehead atoms. The van der Waals surface area contributed by atoms with Gasteiger partial charge in [0.15, 0.2) is 0 Å². The average molecular weight is 251 g/mol. The molecule has 1 atom stereocenters. The van der Waals surface area contributed by atoms with Gasteiger partial charge in [-0.15, -0.1) is 0 Å². The van der Waals surface area contributed by atoms with Crippen LogP contribution in [0.2, 0.25) is 0 Å². The van der Waals surface area contributed by atoms with E-state index in [2.05, 4.69) is 5.32 Å². The maximum atomic E-state index is 11.8. The summed E-state index contributed by atoms with van der Waals surface area (Å²) in [4.78, 5) is 11.8. The number of hydrogen-bond donors (Lipinski definition) is 1. The highest BCUT2D eigenvalue weighted by Crippen LogP contribution is 2.29. The lowest BCUT2D eigenvalue weighted by molar-refractivity contribution is -0.143. The third kappa shape index (κ3) is 3.39. The van der Waals surface area contributed by atoms with Gasteiger partial charge in [0.05, 0.1) is 19.9 Å². The molecule has 1 rings (SSSR count). The number of methoxy groups -OCH3 is 2. The molecule has 1 aromatic carbocycles. The molecular weight excluding hydrogens is 230 g/mol. The van der Waals surface area contributed by atoms with Gasteiger partial charge in [0.2, 0.25) is 0 Å². The molecule has 0 saturated carbocycles. The number of carbonyl (C=O) groups excluding carboxylic acids is 1. The summed E-state index contributed by atoms with van der Waals surface area (Å²) in [7, 11) is 3.00. The van der Waals surface area contributed by atoms with Crippen molar-refractivity contribution in [1.82, 2.24) is 0 Å². The summed E-state index contributed by atoms with van der Waals surface area (Å²) < 4.78 is 10.1. The van der Waals surface area contributed by atoms with E-state index >= 15 is 0 Å². The van der Waals surface area contributed by atoms with E-state index in [0.717, 1.165) is 5.69 Å². The molecular formula is C14H21NO3. The van der Waals surface area contributed by atoms with E-state index in [9.17, 15) is 4.79 Å². The van der Waals surface area contributed by atoms with Crippen LogP contribution in [0.25, 0.3) is 0 Å². The topological polar surface area (TPSA) is 47.6 Å². The number of nitrogens with one attached hydrogen (secondary N) is 1. The molecule has 0 radical (unpaired) electrons. The predicted octanol–water partition coefficient (Wildman–Crippen LogP) is 2.69. The van der Waals surface area contributed by atoms with Crippen molar-refractivity contribution in [2.24, 2.45) is 5.41 Å². The van der Waals surface area contributed by atoms with Gasteiger partial charge in [-0.2, -0.15) is 0 Å². The summed E-state index contributed by atoms with van der Waals surface area (Å²) in [5.41, 5.74) is 0.527. The lowest BCUT2D eigenvalue weighted by Gasteiger charge is -2.30. The number of benzene rings is 1. The summed E-state index contributed by atoms with van der Waals surface area (Å²) in [6.07, 6.45) is 0. The molecule has 4 nitrogen and oxygen atoms in total. The molecule has 0 aliphatic heterocycles. The van der Waals surface area contributed by atoms with Crippen LogP contribution in [0.5, 0.6) is 5.75 Å². The number of anilines is 1. The molecule has 0 saturated heterocycles. The quantitative estimate of drug-likeness (QED) is 0.836. The van der Waals surface area contributed by atoms with Crippen LogP contribution in [0, 0.1) is 5.41 Å². The molecule has 1 unspecified atom stereocenters. The third-order valence-corrected chi connectivity index (χ3v) is 2.71. The fraction of sp³-hybridized carbons (Fsp3) is 0.500. The first-order valence-corrected chi connectivity index (χ1v) is 5.87. The van der Waals surface area contributed by atoms with Crippen LogP contribution in [0.3, 0.4) is 0 Å². The molecule has 100 valence electrons. The number of ether oxygens (including phenoxy) is 2. The first kappa shape index (κ1) is 14.4. The molecule has 0 heterocycles.